The van der Waals surface area contributed by atoms with E-state index in [0.717, 1.165) is 82.5 Å². The molecule has 0 spiro atoms. The van der Waals surface area contributed by atoms with Gasteiger partial charge < -0.3 is 14.5 Å². The first-order valence-electron chi connectivity index (χ1n) is 16.0. The number of aryl methyl sites for hydroxylation is 3. The van der Waals surface area contributed by atoms with Crippen LogP contribution in [0.2, 0.25) is 5.02 Å². The summed E-state index contributed by atoms with van der Waals surface area (Å²) >= 11 is 6.14. The van der Waals surface area contributed by atoms with Gasteiger partial charge in [-0.2, -0.15) is 0 Å². The van der Waals surface area contributed by atoms with Crippen LogP contribution in [0.3, 0.4) is 0 Å². The van der Waals surface area contributed by atoms with Crippen molar-refractivity contribution >= 4 is 39.4 Å². The minimum atomic E-state index is -0.529. The second kappa shape index (κ2) is 11.0. The summed E-state index contributed by atoms with van der Waals surface area (Å²) in [6, 6.07) is 12.3. The monoisotopic (exact) mass is 630 g/mol. The molecule has 2 fully saturated rings. The Labute approximate surface area is 272 Å². The zero-order valence-corrected chi connectivity index (χ0v) is 27.0. The number of aromatic nitrogens is 7. The standard InChI is InChI=1S/C36H35ClN8O/c1-21-38-17-25(18-39-21)23-10-12-28-30(15-23)45(3)35(42-28)36(13-6-14-36)43-34(46)24-9-11-27-29(16-24)44(2)32(31(27)22-7-4-5-8-22)33-40-19-26(37)20-41-33/h9-12,15-20,22H,4-8,13-14H2,1-3H3,(H,43,46). The Balaban J connectivity index is 1.15. The van der Waals surface area contributed by atoms with Gasteiger partial charge in [-0.3, -0.25) is 4.79 Å². The summed E-state index contributed by atoms with van der Waals surface area (Å²) < 4.78 is 4.27. The van der Waals surface area contributed by atoms with E-state index in [0.29, 0.717) is 22.3 Å². The van der Waals surface area contributed by atoms with E-state index in [1.807, 2.05) is 51.6 Å². The second-order valence-electron chi connectivity index (χ2n) is 12.9. The van der Waals surface area contributed by atoms with E-state index in [2.05, 4.69) is 52.6 Å². The Bertz CT molecular complexity index is 2120. The lowest BCUT2D eigenvalue weighted by Crippen LogP contribution is -2.52. The number of nitrogens with zero attached hydrogens (tertiary/aromatic N) is 7. The van der Waals surface area contributed by atoms with Crippen LogP contribution in [-0.4, -0.2) is 40.0 Å². The Morgan fingerprint density at radius 3 is 2.30 bits per heavy atom. The van der Waals surface area contributed by atoms with Crippen molar-refractivity contribution in [2.75, 3.05) is 0 Å². The number of fused-ring (bicyclic) bond motifs is 2. The van der Waals surface area contributed by atoms with Crippen LogP contribution >= 0.6 is 11.6 Å². The van der Waals surface area contributed by atoms with Gasteiger partial charge in [0.15, 0.2) is 5.82 Å². The number of rotatable bonds is 6. The molecule has 4 aromatic heterocycles. The fourth-order valence-electron chi connectivity index (χ4n) is 7.50. The van der Waals surface area contributed by atoms with Gasteiger partial charge in [-0.15, -0.1) is 0 Å². The van der Waals surface area contributed by atoms with E-state index in [-0.39, 0.29) is 5.91 Å². The topological polar surface area (TPSA) is 103 Å². The lowest BCUT2D eigenvalue weighted by Gasteiger charge is -2.41. The molecule has 232 valence electrons. The summed E-state index contributed by atoms with van der Waals surface area (Å²) in [5.74, 6) is 2.62. The minimum absolute atomic E-state index is 0.0981. The predicted octanol–water partition coefficient (Wildman–Crippen LogP) is 7.41. The van der Waals surface area contributed by atoms with Crippen LogP contribution in [0.25, 0.3) is 44.6 Å². The number of nitrogens with one attached hydrogen (secondary N) is 1. The molecule has 2 aromatic carbocycles. The maximum absolute atomic E-state index is 14.0. The zero-order chi connectivity index (χ0) is 31.6. The molecule has 2 aliphatic carbocycles. The molecule has 6 aromatic rings. The lowest BCUT2D eigenvalue weighted by atomic mass is 9.75. The average Bonchev–Trinajstić information content (AvgIpc) is 3.77. The van der Waals surface area contributed by atoms with Crippen LogP contribution in [0.1, 0.15) is 78.4 Å². The molecule has 0 radical (unpaired) electrons. The van der Waals surface area contributed by atoms with E-state index in [1.165, 1.54) is 18.4 Å². The number of carbonyl (C=O) groups is 1. The molecule has 0 saturated heterocycles. The third-order valence-corrected chi connectivity index (χ3v) is 10.3. The first-order chi connectivity index (χ1) is 22.3. The number of amides is 1. The van der Waals surface area contributed by atoms with Gasteiger partial charge in [0.05, 0.1) is 27.3 Å². The normalized spacial score (nSPS) is 16.3. The SMILES string of the molecule is Cc1ncc(-c2ccc3nc(C4(NC(=O)c5ccc6c(C7CCCC7)c(-c7ncc(Cl)cn7)n(C)c6c5)CCC4)n(C)c3c2)cn1. The number of carbonyl (C=O) groups excluding carboxylic acids is 1. The van der Waals surface area contributed by atoms with Crippen molar-refractivity contribution < 1.29 is 4.79 Å². The van der Waals surface area contributed by atoms with Gasteiger partial charge in [-0.1, -0.05) is 36.6 Å². The third kappa shape index (κ3) is 4.67. The summed E-state index contributed by atoms with van der Waals surface area (Å²) in [4.78, 5) is 37.0. The lowest BCUT2D eigenvalue weighted by molar-refractivity contribution is 0.0805. The van der Waals surface area contributed by atoms with Crippen LogP contribution in [0.4, 0.5) is 0 Å². The quantitative estimate of drug-likeness (QED) is 0.206. The average molecular weight is 631 g/mol. The van der Waals surface area contributed by atoms with Crippen molar-refractivity contribution in [1.29, 1.82) is 0 Å². The van der Waals surface area contributed by atoms with Crippen molar-refractivity contribution in [1.82, 2.24) is 39.4 Å². The van der Waals surface area contributed by atoms with Crippen molar-refractivity contribution in [3.05, 3.63) is 89.0 Å². The molecular formula is C36H35ClN8O. The van der Waals surface area contributed by atoms with E-state index in [9.17, 15) is 4.79 Å². The van der Waals surface area contributed by atoms with E-state index >= 15 is 0 Å². The van der Waals surface area contributed by atoms with E-state index in [1.54, 1.807) is 12.4 Å². The van der Waals surface area contributed by atoms with Gasteiger partial charge in [-0.25, -0.2) is 24.9 Å². The highest BCUT2D eigenvalue weighted by Crippen LogP contribution is 2.45. The molecule has 1 N–H and O–H groups in total. The van der Waals surface area contributed by atoms with Crippen LogP contribution < -0.4 is 5.32 Å². The molecule has 8 rings (SSSR count). The number of hydrogen-bond donors (Lipinski definition) is 1. The molecule has 10 heteroatoms. The van der Waals surface area contributed by atoms with Gasteiger partial charge in [0.25, 0.3) is 5.91 Å². The summed E-state index contributed by atoms with van der Waals surface area (Å²) in [6.45, 7) is 1.88. The summed E-state index contributed by atoms with van der Waals surface area (Å²) in [5, 5.41) is 5.09. The molecule has 2 saturated carbocycles. The van der Waals surface area contributed by atoms with Gasteiger partial charge in [-0.05, 0) is 80.3 Å². The third-order valence-electron chi connectivity index (χ3n) is 10.1. The molecule has 0 atom stereocenters. The molecule has 0 aliphatic heterocycles. The molecule has 0 unspecified atom stereocenters. The largest absolute Gasteiger partial charge is 0.341 e. The van der Waals surface area contributed by atoms with Crippen molar-refractivity contribution in [2.45, 2.75) is 63.3 Å². The molecule has 1 amide bonds. The number of imidazole rings is 1. The number of hydrogen-bond acceptors (Lipinski definition) is 6. The number of halogens is 1. The van der Waals surface area contributed by atoms with Crippen LogP contribution in [0.15, 0.2) is 61.2 Å². The summed E-state index contributed by atoms with van der Waals surface area (Å²) in [6.07, 6.45) is 14.4. The Morgan fingerprint density at radius 1 is 0.870 bits per heavy atom. The maximum Gasteiger partial charge on any atom is 0.252 e. The maximum atomic E-state index is 14.0. The molecule has 0 bridgehead atoms. The molecule has 4 heterocycles. The van der Waals surface area contributed by atoms with Gasteiger partial charge >= 0.3 is 0 Å². The first-order valence-corrected chi connectivity index (χ1v) is 16.4. The van der Waals surface area contributed by atoms with Crippen LogP contribution in [0.5, 0.6) is 0 Å². The molecule has 9 nitrogen and oxygen atoms in total. The fraction of sp³-hybridized carbons (Fsp3) is 0.333. The van der Waals surface area contributed by atoms with Crippen molar-refractivity contribution in [3.8, 4) is 22.6 Å². The summed E-state index contributed by atoms with van der Waals surface area (Å²) in [5.41, 5.74) is 7.27. The predicted molar refractivity (Wildman–Crippen MR) is 180 cm³/mol. The second-order valence-corrected chi connectivity index (χ2v) is 13.3. The Kier molecular flexibility index (Phi) is 6.90. The highest BCUT2D eigenvalue weighted by molar-refractivity contribution is 6.30. The molecular weight excluding hydrogens is 596 g/mol. The first kappa shape index (κ1) is 28.8. The summed E-state index contributed by atoms with van der Waals surface area (Å²) in [7, 11) is 4.08. The smallest absolute Gasteiger partial charge is 0.252 e. The number of benzene rings is 2. The van der Waals surface area contributed by atoms with Crippen molar-refractivity contribution in [3.63, 3.8) is 0 Å². The van der Waals surface area contributed by atoms with Crippen LogP contribution in [0, 0.1) is 6.92 Å². The van der Waals surface area contributed by atoms with Gasteiger partial charge in [0, 0.05) is 60.9 Å². The Morgan fingerprint density at radius 2 is 1.61 bits per heavy atom. The van der Waals surface area contributed by atoms with E-state index in [4.69, 9.17) is 16.6 Å². The molecule has 46 heavy (non-hydrogen) atoms. The van der Waals surface area contributed by atoms with Gasteiger partial charge in [0.2, 0.25) is 0 Å². The fourth-order valence-corrected chi connectivity index (χ4v) is 7.60. The minimum Gasteiger partial charge on any atom is -0.341 e. The van der Waals surface area contributed by atoms with E-state index < -0.39 is 5.54 Å². The molecule has 2 aliphatic rings. The van der Waals surface area contributed by atoms with Crippen LogP contribution in [-0.2, 0) is 19.6 Å². The van der Waals surface area contributed by atoms with Gasteiger partial charge in [0.1, 0.15) is 11.6 Å². The zero-order valence-electron chi connectivity index (χ0n) is 26.2. The highest BCUT2D eigenvalue weighted by atomic mass is 35.5. The van der Waals surface area contributed by atoms with Crippen molar-refractivity contribution in [2.24, 2.45) is 14.1 Å². The highest BCUT2D eigenvalue weighted by Gasteiger charge is 2.44. The Hall–Kier alpha value is -4.63.